The van der Waals surface area contributed by atoms with Crippen molar-refractivity contribution in [2.75, 3.05) is 15.8 Å². The number of carbonyl (C=O) groups is 1. The van der Waals surface area contributed by atoms with Crippen molar-refractivity contribution in [1.29, 1.82) is 0 Å². The zero-order valence-corrected chi connectivity index (χ0v) is 20.5. The van der Waals surface area contributed by atoms with E-state index in [0.29, 0.717) is 21.3 Å². The molecule has 1 amide bonds. The summed E-state index contributed by atoms with van der Waals surface area (Å²) in [6.07, 6.45) is 1.72. The Morgan fingerprint density at radius 1 is 1.19 bits per heavy atom. The molecule has 0 aliphatic heterocycles. The second-order valence-corrected chi connectivity index (χ2v) is 11.0. The molecule has 2 N–H and O–H groups in total. The summed E-state index contributed by atoms with van der Waals surface area (Å²) in [6, 6.07) is 10.1. The third-order valence-corrected chi connectivity index (χ3v) is 6.91. The molecule has 1 aromatic carbocycles. The first kappa shape index (κ1) is 24.0. The number of sulfonamides is 1. The number of halogens is 1. The van der Waals surface area contributed by atoms with Gasteiger partial charge >= 0.3 is 0 Å². The number of carbonyl (C=O) groups excluding carboxylic acids is 1. The van der Waals surface area contributed by atoms with Crippen molar-refractivity contribution in [3.05, 3.63) is 57.4 Å². The van der Waals surface area contributed by atoms with Gasteiger partial charge in [-0.05, 0) is 64.1 Å². The number of amides is 1. The van der Waals surface area contributed by atoms with Gasteiger partial charge < -0.3 is 10.1 Å². The Morgan fingerprint density at radius 3 is 2.53 bits per heavy atom. The molecule has 3 aromatic rings. The van der Waals surface area contributed by atoms with Crippen LogP contribution < -0.4 is 14.8 Å². The first-order valence-corrected chi connectivity index (χ1v) is 12.8. The lowest BCUT2D eigenvalue weighted by Crippen LogP contribution is -2.15. The maximum Gasteiger partial charge on any atom is 0.265 e. The third kappa shape index (κ3) is 6.21. The highest BCUT2D eigenvalue weighted by Gasteiger charge is 2.16. The smallest absolute Gasteiger partial charge is 0.265 e. The quantitative estimate of drug-likeness (QED) is 0.427. The third-order valence-electron chi connectivity index (χ3n) is 4.33. The minimum Gasteiger partial charge on any atom is -0.489 e. The molecule has 0 radical (unpaired) electrons. The Bertz CT molecular complexity index is 1220. The molecule has 0 unspecified atom stereocenters. The Kier molecular flexibility index (Phi) is 7.43. The summed E-state index contributed by atoms with van der Waals surface area (Å²) < 4.78 is 31.7. The van der Waals surface area contributed by atoms with E-state index >= 15 is 0 Å². The van der Waals surface area contributed by atoms with Crippen LogP contribution in [0.4, 0.5) is 11.4 Å². The van der Waals surface area contributed by atoms with Gasteiger partial charge in [0, 0.05) is 21.2 Å². The minimum absolute atomic E-state index is 0.0603. The van der Waals surface area contributed by atoms with Gasteiger partial charge in [0.1, 0.15) is 5.75 Å². The molecule has 10 heteroatoms. The van der Waals surface area contributed by atoms with Crippen LogP contribution in [-0.2, 0) is 10.0 Å². The number of aryl methyl sites for hydroxylation is 1. The van der Waals surface area contributed by atoms with E-state index in [4.69, 9.17) is 16.3 Å². The number of ether oxygens (including phenoxy) is 1. The number of nitrogens with zero attached hydrogens (tertiary/aromatic N) is 1. The standard InChI is InChI=1S/C22H24ClN3O4S2/c1-5-32(28,29)26-17-9-15(23)8-16(10-17)25-22(27)21-11-19(14(4)31-21)20-7-6-18(12-24-20)30-13(2)3/h6-13,26H,5H2,1-4H3,(H,25,27). The van der Waals surface area contributed by atoms with E-state index in [2.05, 4.69) is 15.0 Å². The molecule has 0 saturated carbocycles. The van der Waals surface area contributed by atoms with Gasteiger partial charge in [-0.1, -0.05) is 11.6 Å². The van der Waals surface area contributed by atoms with Crippen molar-refractivity contribution >= 4 is 50.2 Å². The number of anilines is 2. The summed E-state index contributed by atoms with van der Waals surface area (Å²) in [4.78, 5) is 18.7. The van der Waals surface area contributed by atoms with Crippen LogP contribution in [0.15, 0.2) is 42.6 Å². The number of aromatic nitrogens is 1. The maximum absolute atomic E-state index is 12.8. The Balaban J connectivity index is 1.79. The molecular formula is C22H24ClN3O4S2. The van der Waals surface area contributed by atoms with E-state index < -0.39 is 10.0 Å². The molecule has 0 atom stereocenters. The second kappa shape index (κ2) is 9.89. The molecule has 7 nitrogen and oxygen atoms in total. The molecule has 0 saturated heterocycles. The molecule has 2 aromatic heterocycles. The summed E-state index contributed by atoms with van der Waals surface area (Å²) >= 11 is 7.45. The van der Waals surface area contributed by atoms with E-state index in [-0.39, 0.29) is 23.5 Å². The van der Waals surface area contributed by atoms with Crippen molar-refractivity contribution in [1.82, 2.24) is 4.98 Å². The summed E-state index contributed by atoms with van der Waals surface area (Å²) in [5.74, 6) is 0.289. The molecule has 0 spiro atoms. The minimum atomic E-state index is -3.46. The Labute approximate surface area is 196 Å². The zero-order chi connectivity index (χ0) is 23.5. The van der Waals surface area contributed by atoms with Gasteiger partial charge in [0.25, 0.3) is 5.91 Å². The van der Waals surface area contributed by atoms with Gasteiger partial charge in [-0.25, -0.2) is 8.42 Å². The topological polar surface area (TPSA) is 97.4 Å². The van der Waals surface area contributed by atoms with Crippen LogP contribution in [0.1, 0.15) is 35.3 Å². The van der Waals surface area contributed by atoms with Crippen LogP contribution in [0, 0.1) is 6.92 Å². The lowest BCUT2D eigenvalue weighted by Gasteiger charge is -2.10. The molecule has 32 heavy (non-hydrogen) atoms. The number of pyridine rings is 1. The summed E-state index contributed by atoms with van der Waals surface area (Å²) in [5.41, 5.74) is 2.27. The van der Waals surface area contributed by atoms with E-state index in [1.54, 1.807) is 18.3 Å². The van der Waals surface area contributed by atoms with Crippen molar-refractivity contribution in [3.63, 3.8) is 0 Å². The van der Waals surface area contributed by atoms with Gasteiger partial charge in [0.15, 0.2) is 0 Å². The zero-order valence-electron chi connectivity index (χ0n) is 18.1. The van der Waals surface area contributed by atoms with Gasteiger partial charge in [0.2, 0.25) is 10.0 Å². The average Bonchev–Trinajstić information content (AvgIpc) is 3.09. The molecule has 3 rings (SSSR count). The van der Waals surface area contributed by atoms with Gasteiger partial charge in [-0.15, -0.1) is 11.3 Å². The molecule has 0 aliphatic rings. The number of hydrogen-bond acceptors (Lipinski definition) is 6. The normalized spacial score (nSPS) is 11.4. The van der Waals surface area contributed by atoms with Gasteiger partial charge in [0.05, 0.1) is 34.3 Å². The highest BCUT2D eigenvalue weighted by Crippen LogP contribution is 2.32. The molecular weight excluding hydrogens is 470 g/mol. The fourth-order valence-electron chi connectivity index (χ4n) is 2.89. The number of thiophene rings is 1. The number of benzene rings is 1. The van der Waals surface area contributed by atoms with Crippen LogP contribution in [0.2, 0.25) is 5.02 Å². The molecule has 0 aliphatic carbocycles. The summed E-state index contributed by atoms with van der Waals surface area (Å²) in [6.45, 7) is 7.35. The fourth-order valence-corrected chi connectivity index (χ4v) is 4.68. The van der Waals surface area contributed by atoms with Crippen molar-refractivity contribution < 1.29 is 17.9 Å². The average molecular weight is 494 g/mol. The summed E-state index contributed by atoms with van der Waals surface area (Å²) in [7, 11) is -3.46. The molecule has 2 heterocycles. The van der Waals surface area contributed by atoms with E-state index in [1.807, 2.05) is 32.9 Å². The largest absolute Gasteiger partial charge is 0.489 e. The summed E-state index contributed by atoms with van der Waals surface area (Å²) in [5, 5.41) is 3.08. The van der Waals surface area contributed by atoms with E-state index in [1.165, 1.54) is 30.4 Å². The first-order valence-electron chi connectivity index (χ1n) is 9.92. The van der Waals surface area contributed by atoms with Crippen molar-refractivity contribution in [2.24, 2.45) is 0 Å². The number of hydrogen-bond donors (Lipinski definition) is 2. The highest BCUT2D eigenvalue weighted by atomic mass is 35.5. The van der Waals surface area contributed by atoms with Crippen molar-refractivity contribution in [3.8, 4) is 17.0 Å². The SMILES string of the molecule is CCS(=O)(=O)Nc1cc(Cl)cc(NC(=O)c2cc(-c3ccc(OC(C)C)cn3)c(C)s2)c1. The predicted octanol–water partition coefficient (Wildman–Crippen LogP) is 5.57. The lowest BCUT2D eigenvalue weighted by atomic mass is 10.1. The van der Waals surface area contributed by atoms with Crippen LogP contribution in [0.3, 0.4) is 0 Å². The Hall–Kier alpha value is -2.62. The van der Waals surface area contributed by atoms with Crippen LogP contribution >= 0.6 is 22.9 Å². The lowest BCUT2D eigenvalue weighted by molar-refractivity contribution is 0.103. The first-order chi connectivity index (χ1) is 15.1. The van der Waals surface area contributed by atoms with Crippen molar-refractivity contribution in [2.45, 2.75) is 33.8 Å². The number of rotatable bonds is 8. The highest BCUT2D eigenvalue weighted by molar-refractivity contribution is 7.92. The second-order valence-electron chi connectivity index (χ2n) is 7.31. The van der Waals surface area contributed by atoms with Crippen LogP contribution in [0.25, 0.3) is 11.3 Å². The van der Waals surface area contributed by atoms with Crippen LogP contribution in [-0.4, -0.2) is 31.2 Å². The molecule has 0 fully saturated rings. The number of nitrogens with one attached hydrogen (secondary N) is 2. The van der Waals surface area contributed by atoms with Crippen LogP contribution in [0.5, 0.6) is 5.75 Å². The molecule has 0 bridgehead atoms. The molecule has 170 valence electrons. The van der Waals surface area contributed by atoms with Gasteiger partial charge in [-0.2, -0.15) is 0 Å². The predicted molar refractivity (Wildman–Crippen MR) is 131 cm³/mol. The monoisotopic (exact) mass is 493 g/mol. The van der Waals surface area contributed by atoms with E-state index in [9.17, 15) is 13.2 Å². The Morgan fingerprint density at radius 2 is 1.91 bits per heavy atom. The van der Waals surface area contributed by atoms with E-state index in [0.717, 1.165) is 16.1 Å². The fraction of sp³-hybridized carbons (Fsp3) is 0.273. The maximum atomic E-state index is 12.8. The van der Waals surface area contributed by atoms with Gasteiger partial charge in [-0.3, -0.25) is 14.5 Å².